The molecule has 1 aromatic carbocycles. The van der Waals surface area contributed by atoms with Crippen LogP contribution in [0.1, 0.15) is 30.6 Å². The Morgan fingerprint density at radius 1 is 1.24 bits per heavy atom. The molecule has 0 bridgehead atoms. The van der Waals surface area contributed by atoms with E-state index in [-0.39, 0.29) is 16.4 Å². The van der Waals surface area contributed by atoms with Crippen molar-refractivity contribution in [3.05, 3.63) is 51.9 Å². The van der Waals surface area contributed by atoms with Crippen molar-refractivity contribution in [1.82, 2.24) is 9.78 Å². The molecule has 3 rings (SSSR count). The van der Waals surface area contributed by atoms with E-state index >= 15 is 0 Å². The van der Waals surface area contributed by atoms with Crippen LogP contribution >= 0.6 is 0 Å². The maximum Gasteiger partial charge on any atom is 0.267 e. The molecule has 0 spiro atoms. The first-order valence-electron chi connectivity index (χ1n) is 7.98. The first-order chi connectivity index (χ1) is 11.8. The van der Waals surface area contributed by atoms with Crippen molar-refractivity contribution in [2.75, 3.05) is 11.6 Å². The van der Waals surface area contributed by atoms with Crippen molar-refractivity contribution in [2.45, 2.75) is 37.1 Å². The highest BCUT2D eigenvalue weighted by Gasteiger charge is 2.21. The van der Waals surface area contributed by atoms with E-state index in [9.17, 15) is 18.0 Å². The van der Waals surface area contributed by atoms with E-state index in [1.807, 2.05) is 0 Å². The molecule has 0 saturated heterocycles. The monoisotopic (exact) mass is 361 g/mol. The number of carbonyl (C=O) groups excluding carboxylic acids is 1. The predicted octanol–water partition coefficient (Wildman–Crippen LogP) is 1.34. The zero-order valence-corrected chi connectivity index (χ0v) is 14.8. The minimum absolute atomic E-state index is 0.176. The van der Waals surface area contributed by atoms with Crippen LogP contribution in [0.15, 0.2) is 40.0 Å². The summed E-state index contributed by atoms with van der Waals surface area (Å²) in [6.45, 7) is 1.61. The van der Waals surface area contributed by atoms with Crippen LogP contribution < -0.4 is 10.9 Å². The SMILES string of the molecule is CC(C(=O)Nc1ccc(S(C)(=O)=O)cc1)n1nc2c(cc1=O)CCC2. The highest BCUT2D eigenvalue weighted by atomic mass is 32.2. The molecule has 1 aromatic heterocycles. The summed E-state index contributed by atoms with van der Waals surface area (Å²) in [5, 5.41) is 7.01. The lowest BCUT2D eigenvalue weighted by Crippen LogP contribution is -2.34. The smallest absolute Gasteiger partial charge is 0.267 e. The van der Waals surface area contributed by atoms with Crippen LogP contribution in [0, 0.1) is 0 Å². The second-order valence-electron chi connectivity index (χ2n) is 6.21. The number of nitrogens with one attached hydrogen (secondary N) is 1. The molecule has 0 radical (unpaired) electrons. The van der Waals surface area contributed by atoms with E-state index in [0.29, 0.717) is 5.69 Å². The lowest BCUT2D eigenvalue weighted by molar-refractivity contribution is -0.119. The molecular formula is C17H19N3O4S. The van der Waals surface area contributed by atoms with E-state index in [1.54, 1.807) is 13.0 Å². The molecule has 25 heavy (non-hydrogen) atoms. The van der Waals surface area contributed by atoms with Gasteiger partial charge in [0.2, 0.25) is 5.91 Å². The number of fused-ring (bicyclic) bond motifs is 1. The number of hydrogen-bond acceptors (Lipinski definition) is 5. The molecule has 1 unspecified atom stereocenters. The number of sulfone groups is 1. The first kappa shape index (κ1) is 17.3. The molecule has 132 valence electrons. The second kappa shape index (κ2) is 6.44. The summed E-state index contributed by atoms with van der Waals surface area (Å²) >= 11 is 0. The molecule has 1 amide bonds. The molecule has 1 aliphatic carbocycles. The fourth-order valence-corrected chi connectivity index (χ4v) is 3.47. The molecular weight excluding hydrogens is 342 g/mol. The van der Waals surface area contributed by atoms with Gasteiger partial charge in [-0.1, -0.05) is 0 Å². The van der Waals surface area contributed by atoms with Crippen molar-refractivity contribution >= 4 is 21.4 Å². The van der Waals surface area contributed by atoms with Crippen LogP contribution in [-0.2, 0) is 27.5 Å². The van der Waals surface area contributed by atoms with Crippen LogP contribution in [0.3, 0.4) is 0 Å². The highest BCUT2D eigenvalue weighted by Crippen LogP contribution is 2.19. The largest absolute Gasteiger partial charge is 0.324 e. The molecule has 0 aliphatic heterocycles. The zero-order chi connectivity index (χ0) is 18.2. The molecule has 2 aromatic rings. The molecule has 1 atom stereocenters. The highest BCUT2D eigenvalue weighted by molar-refractivity contribution is 7.90. The van der Waals surface area contributed by atoms with Gasteiger partial charge in [0.15, 0.2) is 9.84 Å². The minimum Gasteiger partial charge on any atom is -0.324 e. The van der Waals surface area contributed by atoms with Crippen molar-refractivity contribution in [2.24, 2.45) is 0 Å². The Morgan fingerprint density at radius 3 is 2.56 bits per heavy atom. The summed E-state index contributed by atoms with van der Waals surface area (Å²) in [5.74, 6) is -0.389. The van der Waals surface area contributed by atoms with Crippen LogP contribution in [0.2, 0.25) is 0 Å². The molecule has 7 nitrogen and oxygen atoms in total. The zero-order valence-electron chi connectivity index (χ0n) is 14.0. The number of amides is 1. The average molecular weight is 361 g/mol. The fraction of sp³-hybridized carbons (Fsp3) is 0.353. The van der Waals surface area contributed by atoms with Crippen molar-refractivity contribution in [3.8, 4) is 0 Å². The second-order valence-corrected chi connectivity index (χ2v) is 8.23. The lowest BCUT2D eigenvalue weighted by atomic mass is 10.2. The van der Waals surface area contributed by atoms with Crippen LogP contribution in [-0.4, -0.2) is 30.4 Å². The van der Waals surface area contributed by atoms with E-state index in [2.05, 4.69) is 10.4 Å². The van der Waals surface area contributed by atoms with E-state index in [4.69, 9.17) is 0 Å². The number of rotatable bonds is 4. The Hall–Kier alpha value is -2.48. The summed E-state index contributed by atoms with van der Waals surface area (Å²) < 4.78 is 24.1. The van der Waals surface area contributed by atoms with Gasteiger partial charge >= 0.3 is 0 Å². The third-order valence-electron chi connectivity index (χ3n) is 4.28. The van der Waals surface area contributed by atoms with Crippen molar-refractivity contribution in [3.63, 3.8) is 0 Å². The van der Waals surface area contributed by atoms with E-state index in [1.165, 1.54) is 28.9 Å². The maximum absolute atomic E-state index is 12.4. The topological polar surface area (TPSA) is 98.1 Å². The van der Waals surface area contributed by atoms with Crippen molar-refractivity contribution in [1.29, 1.82) is 0 Å². The Balaban J connectivity index is 1.78. The van der Waals surface area contributed by atoms with Gasteiger partial charge < -0.3 is 5.32 Å². The number of anilines is 1. The summed E-state index contributed by atoms with van der Waals surface area (Å²) in [5.41, 5.74) is 2.00. The lowest BCUT2D eigenvalue weighted by Gasteiger charge is -2.15. The minimum atomic E-state index is -3.29. The number of aryl methyl sites for hydroxylation is 2. The Labute approximate surface area is 145 Å². The number of aromatic nitrogens is 2. The predicted molar refractivity (Wildman–Crippen MR) is 93.4 cm³/mol. The van der Waals surface area contributed by atoms with Gasteiger partial charge in [0, 0.05) is 18.0 Å². The van der Waals surface area contributed by atoms with Gasteiger partial charge in [0.05, 0.1) is 10.6 Å². The van der Waals surface area contributed by atoms with Gasteiger partial charge in [0.1, 0.15) is 6.04 Å². The molecule has 1 aliphatic rings. The van der Waals surface area contributed by atoms with Crippen LogP contribution in [0.4, 0.5) is 5.69 Å². The number of hydrogen-bond donors (Lipinski definition) is 1. The first-order valence-corrected chi connectivity index (χ1v) is 9.87. The third-order valence-corrected chi connectivity index (χ3v) is 5.41. The summed E-state index contributed by atoms with van der Waals surface area (Å²) in [7, 11) is -3.29. The van der Waals surface area contributed by atoms with Gasteiger partial charge in [-0.05, 0) is 56.0 Å². The van der Waals surface area contributed by atoms with Gasteiger partial charge in [-0.3, -0.25) is 9.59 Å². The standard InChI is InChI=1S/C17H19N3O4S/c1-11(20-16(21)10-12-4-3-5-15(12)19-20)17(22)18-13-6-8-14(9-7-13)25(2,23)24/h6-11H,3-5H2,1-2H3,(H,18,22). The Bertz CT molecular complexity index is 978. The molecule has 1 heterocycles. The van der Waals surface area contributed by atoms with Gasteiger partial charge in [0.25, 0.3) is 5.56 Å². The van der Waals surface area contributed by atoms with E-state index in [0.717, 1.165) is 36.8 Å². The molecule has 0 fully saturated rings. The van der Waals surface area contributed by atoms with Crippen molar-refractivity contribution < 1.29 is 13.2 Å². The fourth-order valence-electron chi connectivity index (χ4n) is 2.84. The van der Waals surface area contributed by atoms with Crippen LogP contribution in [0.5, 0.6) is 0 Å². The number of nitrogens with zero attached hydrogens (tertiary/aromatic N) is 2. The number of carbonyl (C=O) groups is 1. The maximum atomic E-state index is 12.4. The van der Waals surface area contributed by atoms with E-state index < -0.39 is 15.9 Å². The quantitative estimate of drug-likeness (QED) is 0.886. The summed E-state index contributed by atoms with van der Waals surface area (Å²) in [4.78, 5) is 24.8. The summed E-state index contributed by atoms with van der Waals surface area (Å²) in [6.07, 6.45) is 3.76. The Kier molecular flexibility index (Phi) is 4.47. The summed E-state index contributed by atoms with van der Waals surface area (Å²) in [6, 6.07) is 6.66. The normalized spacial score (nSPS) is 14.8. The Morgan fingerprint density at radius 2 is 1.92 bits per heavy atom. The molecule has 1 N–H and O–H groups in total. The van der Waals surface area contributed by atoms with Crippen LogP contribution in [0.25, 0.3) is 0 Å². The third kappa shape index (κ3) is 3.63. The molecule has 8 heteroatoms. The van der Waals surface area contributed by atoms with Gasteiger partial charge in [-0.25, -0.2) is 13.1 Å². The average Bonchev–Trinajstić information content (AvgIpc) is 3.00. The van der Waals surface area contributed by atoms with Gasteiger partial charge in [-0.15, -0.1) is 0 Å². The number of benzene rings is 1. The van der Waals surface area contributed by atoms with Gasteiger partial charge in [-0.2, -0.15) is 5.10 Å². The molecule has 0 saturated carbocycles.